The monoisotopic (exact) mass is 291 g/mol. The third-order valence-electron chi connectivity index (χ3n) is 3.98. The van der Waals surface area contributed by atoms with Crippen molar-refractivity contribution in [1.82, 2.24) is 10.3 Å². The third-order valence-corrected chi connectivity index (χ3v) is 3.98. The number of nitrogens with zero attached hydrogens (tertiary/aromatic N) is 2. The molecule has 0 saturated carbocycles. The van der Waals surface area contributed by atoms with Crippen molar-refractivity contribution in [2.45, 2.75) is 45.7 Å². The van der Waals surface area contributed by atoms with Gasteiger partial charge in [-0.25, -0.2) is 0 Å². The quantitative estimate of drug-likeness (QED) is 0.905. The molecular weight excluding hydrogens is 262 g/mol. The summed E-state index contributed by atoms with van der Waals surface area (Å²) >= 11 is 0. The van der Waals surface area contributed by atoms with Crippen molar-refractivity contribution < 1.29 is 4.74 Å². The minimum atomic E-state index is 0.125. The normalized spacial score (nSPS) is 17.0. The molecule has 0 atom stereocenters. The molecule has 1 fully saturated rings. The van der Waals surface area contributed by atoms with Crippen molar-refractivity contribution in [1.29, 1.82) is 0 Å². The Morgan fingerprint density at radius 1 is 1.33 bits per heavy atom. The molecule has 0 amide bonds. The molecule has 2 heterocycles. The second kappa shape index (κ2) is 7.23. The van der Waals surface area contributed by atoms with Crippen molar-refractivity contribution in [2.24, 2.45) is 5.92 Å². The Bertz CT molecular complexity index is 436. The molecule has 21 heavy (non-hydrogen) atoms. The lowest BCUT2D eigenvalue weighted by Gasteiger charge is -2.30. The predicted octanol–water partition coefficient (Wildman–Crippen LogP) is 2.83. The number of aromatic nitrogens is 1. The van der Waals surface area contributed by atoms with Gasteiger partial charge in [-0.1, -0.05) is 0 Å². The van der Waals surface area contributed by atoms with Gasteiger partial charge in [0.25, 0.3) is 0 Å². The van der Waals surface area contributed by atoms with E-state index in [1.165, 1.54) is 24.1 Å². The fourth-order valence-electron chi connectivity index (χ4n) is 2.68. The summed E-state index contributed by atoms with van der Waals surface area (Å²) in [6, 6.07) is 2.12. The van der Waals surface area contributed by atoms with Gasteiger partial charge in [-0.3, -0.25) is 4.98 Å². The Hall–Kier alpha value is -1.13. The van der Waals surface area contributed by atoms with Crippen LogP contribution in [0.4, 0.5) is 5.69 Å². The highest BCUT2D eigenvalue weighted by atomic mass is 16.5. The molecule has 0 unspecified atom stereocenters. The zero-order valence-corrected chi connectivity index (χ0v) is 13.9. The minimum absolute atomic E-state index is 0.125. The van der Waals surface area contributed by atoms with E-state index in [1.54, 1.807) is 0 Å². The Morgan fingerprint density at radius 2 is 2.05 bits per heavy atom. The summed E-state index contributed by atoms with van der Waals surface area (Å²) in [4.78, 5) is 6.66. The third kappa shape index (κ3) is 5.29. The lowest BCUT2D eigenvalue weighted by atomic mass is 9.99. The summed E-state index contributed by atoms with van der Waals surface area (Å²) < 4.78 is 5.45. The average Bonchev–Trinajstić information content (AvgIpc) is 2.46. The van der Waals surface area contributed by atoms with Crippen LogP contribution in [0.25, 0.3) is 0 Å². The number of pyridine rings is 1. The summed E-state index contributed by atoms with van der Waals surface area (Å²) in [5.74, 6) is 0.729. The van der Waals surface area contributed by atoms with E-state index in [9.17, 15) is 0 Å². The van der Waals surface area contributed by atoms with Gasteiger partial charge in [0.15, 0.2) is 0 Å². The number of hydrogen-bond donors (Lipinski definition) is 1. The van der Waals surface area contributed by atoms with E-state index in [2.05, 4.69) is 49.1 Å². The lowest BCUT2D eigenvalue weighted by Crippen LogP contribution is -2.36. The van der Waals surface area contributed by atoms with Crippen LogP contribution in [0.1, 0.15) is 39.2 Å². The number of hydrogen-bond acceptors (Lipinski definition) is 4. The zero-order valence-electron chi connectivity index (χ0n) is 13.9. The lowest BCUT2D eigenvalue weighted by molar-refractivity contribution is 0.0685. The highest BCUT2D eigenvalue weighted by Gasteiger charge is 2.18. The molecule has 1 aliphatic heterocycles. The van der Waals surface area contributed by atoms with Crippen LogP contribution in [-0.2, 0) is 11.3 Å². The minimum Gasteiger partial charge on any atom is -0.381 e. The summed E-state index contributed by atoms with van der Waals surface area (Å²) in [5.41, 5.74) is 2.68. The average molecular weight is 291 g/mol. The number of nitrogens with one attached hydrogen (secondary N) is 1. The molecule has 0 radical (unpaired) electrons. The highest BCUT2D eigenvalue weighted by molar-refractivity contribution is 5.51. The van der Waals surface area contributed by atoms with E-state index >= 15 is 0 Å². The molecule has 1 saturated heterocycles. The van der Waals surface area contributed by atoms with Gasteiger partial charge in [0.05, 0.1) is 11.9 Å². The number of rotatable bonds is 5. The Morgan fingerprint density at radius 3 is 2.71 bits per heavy atom. The molecule has 0 spiro atoms. The first-order valence-electron chi connectivity index (χ1n) is 7.92. The maximum absolute atomic E-state index is 5.45. The fourth-order valence-corrected chi connectivity index (χ4v) is 2.68. The van der Waals surface area contributed by atoms with Gasteiger partial charge in [-0.15, -0.1) is 0 Å². The molecule has 1 N–H and O–H groups in total. The van der Waals surface area contributed by atoms with Crippen LogP contribution in [0, 0.1) is 5.92 Å². The topological polar surface area (TPSA) is 37.4 Å². The Labute approximate surface area is 128 Å². The van der Waals surface area contributed by atoms with Crippen molar-refractivity contribution in [3.8, 4) is 0 Å². The van der Waals surface area contributed by atoms with E-state index in [4.69, 9.17) is 4.74 Å². The van der Waals surface area contributed by atoms with Gasteiger partial charge >= 0.3 is 0 Å². The first-order chi connectivity index (χ1) is 9.96. The summed E-state index contributed by atoms with van der Waals surface area (Å²) in [5, 5.41) is 3.56. The van der Waals surface area contributed by atoms with Gasteiger partial charge < -0.3 is 15.0 Å². The molecular formula is C17H29N3O. The fraction of sp³-hybridized carbons (Fsp3) is 0.706. The van der Waals surface area contributed by atoms with Crippen LogP contribution in [-0.4, -0.2) is 37.3 Å². The van der Waals surface area contributed by atoms with Crippen molar-refractivity contribution in [2.75, 3.05) is 31.7 Å². The van der Waals surface area contributed by atoms with Crippen LogP contribution in [0.15, 0.2) is 18.5 Å². The van der Waals surface area contributed by atoms with Crippen molar-refractivity contribution in [3.05, 3.63) is 24.0 Å². The van der Waals surface area contributed by atoms with Gasteiger partial charge in [-0.05, 0) is 51.2 Å². The molecule has 1 aliphatic rings. The van der Waals surface area contributed by atoms with Crippen LogP contribution >= 0.6 is 0 Å². The molecule has 2 rings (SSSR count). The second-order valence-electron chi connectivity index (χ2n) is 7.04. The predicted molar refractivity (Wildman–Crippen MR) is 87.6 cm³/mol. The second-order valence-corrected chi connectivity index (χ2v) is 7.04. The van der Waals surface area contributed by atoms with Gasteiger partial charge in [0.1, 0.15) is 0 Å². The van der Waals surface area contributed by atoms with Gasteiger partial charge in [0, 0.05) is 45.1 Å². The highest BCUT2D eigenvalue weighted by Crippen LogP contribution is 2.22. The van der Waals surface area contributed by atoms with Crippen LogP contribution in [0.5, 0.6) is 0 Å². The molecule has 0 aromatic carbocycles. The van der Waals surface area contributed by atoms with E-state index in [0.717, 1.165) is 32.2 Å². The maximum atomic E-state index is 5.45. The molecule has 1 aromatic rings. The largest absolute Gasteiger partial charge is 0.381 e. The molecule has 0 aliphatic carbocycles. The smallest absolute Gasteiger partial charge is 0.0595 e. The van der Waals surface area contributed by atoms with Crippen molar-refractivity contribution >= 4 is 5.69 Å². The Balaban J connectivity index is 2.00. The van der Waals surface area contributed by atoms with Crippen LogP contribution in [0.3, 0.4) is 0 Å². The Kier molecular flexibility index (Phi) is 5.59. The molecule has 118 valence electrons. The SMILES string of the molecule is CN(CC1CCOCC1)c1cnccc1CNC(C)(C)C. The first kappa shape index (κ1) is 16.2. The van der Waals surface area contributed by atoms with Gasteiger partial charge in [0.2, 0.25) is 0 Å². The number of anilines is 1. The van der Waals surface area contributed by atoms with Crippen LogP contribution in [0.2, 0.25) is 0 Å². The molecule has 4 heteroatoms. The summed E-state index contributed by atoms with van der Waals surface area (Å²) in [7, 11) is 2.17. The zero-order chi connectivity index (χ0) is 15.3. The van der Waals surface area contributed by atoms with Crippen molar-refractivity contribution in [3.63, 3.8) is 0 Å². The molecule has 4 nitrogen and oxygen atoms in total. The summed E-state index contributed by atoms with van der Waals surface area (Å²) in [6.45, 7) is 10.4. The van der Waals surface area contributed by atoms with E-state index in [-0.39, 0.29) is 5.54 Å². The molecule has 1 aromatic heterocycles. The van der Waals surface area contributed by atoms with Crippen LogP contribution < -0.4 is 10.2 Å². The van der Waals surface area contributed by atoms with E-state index in [0.29, 0.717) is 0 Å². The summed E-state index contributed by atoms with van der Waals surface area (Å²) in [6.07, 6.45) is 6.20. The number of ether oxygens (including phenoxy) is 1. The first-order valence-corrected chi connectivity index (χ1v) is 7.92. The van der Waals surface area contributed by atoms with E-state index < -0.39 is 0 Å². The molecule has 0 bridgehead atoms. The van der Waals surface area contributed by atoms with E-state index in [1.807, 2.05) is 12.4 Å². The van der Waals surface area contributed by atoms with Gasteiger partial charge in [-0.2, -0.15) is 0 Å². The standard InChI is InChI=1S/C17H29N3O/c1-17(2,3)19-11-15-5-8-18-12-16(15)20(4)13-14-6-9-21-10-7-14/h5,8,12,14,19H,6-7,9-11,13H2,1-4H3. The maximum Gasteiger partial charge on any atom is 0.0595 e.